The molecule has 1 saturated heterocycles. The number of benzene rings is 1. The van der Waals surface area contributed by atoms with Gasteiger partial charge in [0.1, 0.15) is 12.3 Å². The maximum atomic E-state index is 13.3. The molecule has 2 atom stereocenters. The first kappa shape index (κ1) is 27.0. The van der Waals surface area contributed by atoms with Gasteiger partial charge >= 0.3 is 6.18 Å². The molecule has 2 aliphatic rings. The average Bonchev–Trinajstić information content (AvgIpc) is 3.30. The van der Waals surface area contributed by atoms with Gasteiger partial charge in [-0.3, -0.25) is 0 Å². The number of rotatable bonds is 7. The maximum absolute atomic E-state index is 13.3. The van der Waals surface area contributed by atoms with Crippen molar-refractivity contribution in [1.29, 1.82) is 0 Å². The van der Waals surface area contributed by atoms with Crippen molar-refractivity contribution in [3.63, 3.8) is 0 Å². The molecular weight excluding hydrogens is 485 g/mol. The average molecular weight is 521 g/mol. The first-order valence-corrected chi connectivity index (χ1v) is 13.5. The summed E-state index contributed by atoms with van der Waals surface area (Å²) in [5.74, 6) is 0. The standard InChI is InChI=1S/C28H35F3N2O2S/c1-25(2,36-5)23-18-24(33(32-23)19-34-4)27(13-6-7-16-35-27)20-11-14-26(3,15-12-20)21-9-8-10-22(17-21)28(29,30)31/h8-12,14,17-18H,6-7,13,15-16,19H2,1-5H3. The van der Waals surface area contributed by atoms with Gasteiger partial charge in [0.2, 0.25) is 0 Å². The van der Waals surface area contributed by atoms with E-state index in [-0.39, 0.29) is 4.75 Å². The van der Waals surface area contributed by atoms with E-state index in [1.807, 2.05) is 23.8 Å². The van der Waals surface area contributed by atoms with Crippen molar-refractivity contribution in [3.05, 3.63) is 76.6 Å². The van der Waals surface area contributed by atoms with Crippen LogP contribution in [-0.4, -0.2) is 29.8 Å². The van der Waals surface area contributed by atoms with Gasteiger partial charge < -0.3 is 9.47 Å². The molecule has 1 fully saturated rings. The van der Waals surface area contributed by atoms with Crippen LogP contribution >= 0.6 is 11.8 Å². The van der Waals surface area contributed by atoms with Crippen LogP contribution < -0.4 is 0 Å². The third-order valence-electron chi connectivity index (χ3n) is 7.54. The zero-order valence-corrected chi connectivity index (χ0v) is 22.4. The molecule has 2 heterocycles. The molecule has 2 aromatic rings. The number of thioether (sulfide) groups is 1. The molecule has 0 amide bonds. The second-order valence-electron chi connectivity index (χ2n) is 10.4. The summed E-state index contributed by atoms with van der Waals surface area (Å²) >= 11 is 1.74. The SMILES string of the molecule is COCn1nc(C(C)(C)SC)cc1C1(C2=CCC(C)(c3cccc(C(F)(F)F)c3)C=C2)CCCCO1. The highest BCUT2D eigenvalue weighted by Gasteiger charge is 2.44. The number of methoxy groups -OCH3 is 1. The van der Waals surface area contributed by atoms with Crippen LogP contribution in [0, 0.1) is 0 Å². The lowest BCUT2D eigenvalue weighted by atomic mass is 9.72. The highest BCUT2D eigenvalue weighted by atomic mass is 32.2. The van der Waals surface area contributed by atoms with E-state index in [0.29, 0.717) is 25.3 Å². The van der Waals surface area contributed by atoms with Gasteiger partial charge in [-0.25, -0.2) is 4.68 Å². The lowest BCUT2D eigenvalue weighted by molar-refractivity contribution is -0.137. The molecule has 1 aliphatic heterocycles. The Balaban J connectivity index is 1.74. The van der Waals surface area contributed by atoms with Gasteiger partial charge in [-0.1, -0.05) is 43.4 Å². The molecule has 196 valence electrons. The summed E-state index contributed by atoms with van der Waals surface area (Å²) in [5.41, 5.74) is 1.75. The summed E-state index contributed by atoms with van der Waals surface area (Å²) in [6.45, 7) is 7.22. The Kier molecular flexibility index (Phi) is 7.53. The van der Waals surface area contributed by atoms with Crippen molar-refractivity contribution in [2.45, 2.75) is 75.1 Å². The third kappa shape index (κ3) is 5.04. The number of alkyl halides is 3. The Morgan fingerprint density at radius 1 is 1.19 bits per heavy atom. The number of hydrogen-bond donors (Lipinski definition) is 0. The molecule has 4 nitrogen and oxygen atoms in total. The van der Waals surface area contributed by atoms with Crippen molar-refractivity contribution in [1.82, 2.24) is 9.78 Å². The fourth-order valence-electron chi connectivity index (χ4n) is 5.03. The minimum atomic E-state index is -4.37. The fourth-order valence-corrected chi connectivity index (χ4v) is 5.34. The van der Waals surface area contributed by atoms with E-state index in [1.165, 1.54) is 12.1 Å². The lowest BCUT2D eigenvalue weighted by Crippen LogP contribution is -2.39. The zero-order chi connectivity index (χ0) is 26.2. The summed E-state index contributed by atoms with van der Waals surface area (Å²) in [5, 5.41) is 4.90. The van der Waals surface area contributed by atoms with E-state index in [2.05, 4.69) is 32.2 Å². The van der Waals surface area contributed by atoms with Gasteiger partial charge in [0.05, 0.1) is 21.7 Å². The summed E-state index contributed by atoms with van der Waals surface area (Å²) in [6.07, 6.45) is 7.29. The summed E-state index contributed by atoms with van der Waals surface area (Å²) in [7, 11) is 1.65. The highest BCUT2D eigenvalue weighted by molar-refractivity contribution is 7.99. The Labute approximate surface area is 215 Å². The highest BCUT2D eigenvalue weighted by Crippen LogP contribution is 2.47. The van der Waals surface area contributed by atoms with E-state index >= 15 is 0 Å². The molecule has 4 rings (SSSR count). The second kappa shape index (κ2) is 10.0. The minimum absolute atomic E-state index is 0.178. The van der Waals surface area contributed by atoms with Gasteiger partial charge in [-0.2, -0.15) is 30.0 Å². The van der Waals surface area contributed by atoms with Crippen LogP contribution in [0.25, 0.3) is 0 Å². The van der Waals surface area contributed by atoms with Crippen molar-refractivity contribution >= 4 is 11.8 Å². The Hall–Kier alpha value is -2.03. The van der Waals surface area contributed by atoms with Crippen molar-refractivity contribution in [2.24, 2.45) is 0 Å². The number of aromatic nitrogens is 2. The van der Waals surface area contributed by atoms with Crippen LogP contribution in [0.5, 0.6) is 0 Å². The Morgan fingerprint density at radius 2 is 1.97 bits per heavy atom. The van der Waals surface area contributed by atoms with Gasteiger partial charge in [0, 0.05) is 19.1 Å². The van der Waals surface area contributed by atoms with Gasteiger partial charge in [-0.05, 0) is 69.1 Å². The lowest BCUT2D eigenvalue weighted by Gasteiger charge is -2.41. The van der Waals surface area contributed by atoms with Crippen molar-refractivity contribution in [2.75, 3.05) is 20.0 Å². The molecule has 2 unspecified atom stereocenters. The van der Waals surface area contributed by atoms with Crippen LogP contribution in [0.3, 0.4) is 0 Å². The smallest absolute Gasteiger partial charge is 0.364 e. The number of allylic oxidation sites excluding steroid dienone is 2. The topological polar surface area (TPSA) is 36.3 Å². The Bertz CT molecular complexity index is 1150. The number of halogens is 3. The van der Waals surface area contributed by atoms with E-state index in [0.717, 1.165) is 42.3 Å². The predicted molar refractivity (Wildman–Crippen MR) is 138 cm³/mol. The largest absolute Gasteiger partial charge is 0.416 e. The zero-order valence-electron chi connectivity index (χ0n) is 21.6. The molecule has 0 spiro atoms. The Morgan fingerprint density at radius 3 is 2.56 bits per heavy atom. The van der Waals surface area contributed by atoms with Crippen LogP contribution in [0.15, 0.2) is 54.1 Å². The number of nitrogens with zero attached hydrogens (tertiary/aromatic N) is 2. The first-order valence-electron chi connectivity index (χ1n) is 12.3. The van der Waals surface area contributed by atoms with Crippen LogP contribution in [0.4, 0.5) is 13.2 Å². The monoisotopic (exact) mass is 520 g/mol. The molecular formula is C28H35F3N2O2S. The predicted octanol–water partition coefficient (Wildman–Crippen LogP) is 7.34. The molecule has 1 aliphatic carbocycles. The molecule has 0 bridgehead atoms. The molecule has 36 heavy (non-hydrogen) atoms. The van der Waals surface area contributed by atoms with Gasteiger partial charge in [0.25, 0.3) is 0 Å². The number of ether oxygens (including phenoxy) is 2. The normalized spacial score (nSPS) is 25.2. The summed E-state index contributed by atoms with van der Waals surface area (Å²) in [6, 6.07) is 7.78. The van der Waals surface area contributed by atoms with E-state index in [1.54, 1.807) is 24.9 Å². The third-order valence-corrected chi connectivity index (χ3v) is 8.77. The van der Waals surface area contributed by atoms with Crippen molar-refractivity contribution < 1.29 is 22.6 Å². The molecule has 8 heteroatoms. The van der Waals surface area contributed by atoms with Crippen LogP contribution in [0.2, 0.25) is 0 Å². The number of hydrogen-bond acceptors (Lipinski definition) is 4. The van der Waals surface area contributed by atoms with Gasteiger partial charge in [0.15, 0.2) is 0 Å². The van der Waals surface area contributed by atoms with E-state index < -0.39 is 22.8 Å². The molecule has 1 aromatic carbocycles. The molecule has 1 aromatic heterocycles. The summed E-state index contributed by atoms with van der Waals surface area (Å²) < 4.78 is 53.8. The minimum Gasteiger partial charge on any atom is -0.364 e. The molecule has 0 saturated carbocycles. The van der Waals surface area contributed by atoms with Gasteiger partial charge in [-0.15, -0.1) is 0 Å². The first-order chi connectivity index (χ1) is 16.9. The van der Waals surface area contributed by atoms with Crippen molar-refractivity contribution in [3.8, 4) is 0 Å². The van der Waals surface area contributed by atoms with Crippen LogP contribution in [-0.2, 0) is 38.1 Å². The molecule has 0 radical (unpaired) electrons. The van der Waals surface area contributed by atoms with Crippen LogP contribution in [0.1, 0.15) is 69.0 Å². The van der Waals surface area contributed by atoms with E-state index in [9.17, 15) is 13.2 Å². The van der Waals surface area contributed by atoms with E-state index in [4.69, 9.17) is 14.6 Å². The molecule has 0 N–H and O–H groups in total. The fraction of sp³-hybridized carbons (Fsp3) is 0.536. The quantitative estimate of drug-likeness (QED) is 0.383. The second-order valence-corrected chi connectivity index (χ2v) is 11.8. The summed E-state index contributed by atoms with van der Waals surface area (Å²) in [4.78, 5) is 0. The maximum Gasteiger partial charge on any atom is 0.416 e.